The highest BCUT2D eigenvalue weighted by molar-refractivity contribution is 5.95. The quantitative estimate of drug-likeness (QED) is 0.628. The van der Waals surface area contributed by atoms with Crippen LogP contribution in [-0.2, 0) is 4.74 Å². The van der Waals surface area contributed by atoms with Gasteiger partial charge < -0.3 is 19.1 Å². The van der Waals surface area contributed by atoms with Gasteiger partial charge in [0.15, 0.2) is 11.5 Å². The Kier molecular flexibility index (Phi) is 4.77. The molecule has 0 saturated carbocycles. The van der Waals surface area contributed by atoms with Crippen LogP contribution in [0.3, 0.4) is 0 Å². The number of rotatable bonds is 5. The van der Waals surface area contributed by atoms with E-state index in [2.05, 4.69) is 9.88 Å². The third kappa shape index (κ3) is 3.00. The molecular formula is C20H22N4O4. The molecule has 3 heterocycles. The Bertz CT molecular complexity index is 1020. The molecule has 1 aliphatic heterocycles. The smallest absolute Gasteiger partial charge is 0.341 e. The Balaban J connectivity index is 1.85. The average Bonchev–Trinajstić information content (AvgIpc) is 3.41. The minimum absolute atomic E-state index is 0.386. The number of methoxy groups -OCH3 is 3. The number of nitrogens with zero attached hydrogens (tertiary/aromatic N) is 4. The summed E-state index contributed by atoms with van der Waals surface area (Å²) in [6.07, 6.45) is 3.87. The van der Waals surface area contributed by atoms with Gasteiger partial charge in [-0.2, -0.15) is 0 Å². The van der Waals surface area contributed by atoms with E-state index in [1.54, 1.807) is 32.7 Å². The first-order valence-corrected chi connectivity index (χ1v) is 9.10. The van der Waals surface area contributed by atoms with E-state index in [0.717, 1.165) is 37.0 Å². The van der Waals surface area contributed by atoms with E-state index >= 15 is 0 Å². The van der Waals surface area contributed by atoms with E-state index in [1.807, 2.05) is 16.7 Å². The van der Waals surface area contributed by atoms with Gasteiger partial charge in [0.1, 0.15) is 23.5 Å². The van der Waals surface area contributed by atoms with Gasteiger partial charge in [0.25, 0.3) is 0 Å². The van der Waals surface area contributed by atoms with Crippen molar-refractivity contribution in [3.8, 4) is 17.3 Å². The molecule has 8 heteroatoms. The van der Waals surface area contributed by atoms with Gasteiger partial charge in [-0.05, 0) is 25.0 Å². The van der Waals surface area contributed by atoms with Gasteiger partial charge in [-0.1, -0.05) is 0 Å². The lowest BCUT2D eigenvalue weighted by atomic mass is 10.2. The van der Waals surface area contributed by atoms with Gasteiger partial charge in [-0.3, -0.25) is 4.57 Å². The second kappa shape index (κ2) is 7.38. The number of hydrogen-bond donors (Lipinski definition) is 0. The second-order valence-electron chi connectivity index (χ2n) is 6.54. The van der Waals surface area contributed by atoms with E-state index in [-0.39, 0.29) is 5.97 Å². The molecule has 0 atom stereocenters. The summed E-state index contributed by atoms with van der Waals surface area (Å²) in [6, 6.07) is 7.25. The molecule has 0 N–H and O–H groups in total. The van der Waals surface area contributed by atoms with Gasteiger partial charge >= 0.3 is 5.97 Å². The molecule has 2 aromatic heterocycles. The molecule has 0 amide bonds. The topological polar surface area (TPSA) is 78.7 Å². The summed E-state index contributed by atoms with van der Waals surface area (Å²) in [4.78, 5) is 23.6. The van der Waals surface area contributed by atoms with Crippen LogP contribution in [-0.4, -0.2) is 54.9 Å². The van der Waals surface area contributed by atoms with Crippen molar-refractivity contribution in [3.63, 3.8) is 0 Å². The summed E-state index contributed by atoms with van der Waals surface area (Å²) in [5.41, 5.74) is 2.07. The number of aromatic nitrogens is 3. The Morgan fingerprint density at radius 2 is 1.75 bits per heavy atom. The summed E-state index contributed by atoms with van der Waals surface area (Å²) >= 11 is 0. The third-order valence-electron chi connectivity index (χ3n) is 4.97. The van der Waals surface area contributed by atoms with E-state index in [4.69, 9.17) is 19.2 Å². The zero-order valence-electron chi connectivity index (χ0n) is 16.1. The fourth-order valence-corrected chi connectivity index (χ4v) is 3.53. The van der Waals surface area contributed by atoms with Crippen molar-refractivity contribution in [2.45, 2.75) is 12.8 Å². The van der Waals surface area contributed by atoms with Gasteiger partial charge in [-0.15, -0.1) is 0 Å². The molecule has 3 aromatic rings. The van der Waals surface area contributed by atoms with Crippen LogP contribution in [0.15, 0.2) is 30.6 Å². The lowest BCUT2D eigenvalue weighted by Gasteiger charge is -2.20. The Hall–Kier alpha value is -3.29. The number of ether oxygens (including phenoxy) is 3. The van der Waals surface area contributed by atoms with Crippen molar-refractivity contribution >= 4 is 22.8 Å². The zero-order valence-corrected chi connectivity index (χ0v) is 16.1. The van der Waals surface area contributed by atoms with Crippen LogP contribution < -0.4 is 14.4 Å². The minimum atomic E-state index is -0.386. The van der Waals surface area contributed by atoms with E-state index < -0.39 is 0 Å². The molecule has 28 heavy (non-hydrogen) atoms. The van der Waals surface area contributed by atoms with Crippen molar-refractivity contribution in [3.05, 3.63) is 36.2 Å². The normalized spacial score (nSPS) is 13.8. The second-order valence-corrected chi connectivity index (χ2v) is 6.54. The van der Waals surface area contributed by atoms with E-state index in [9.17, 15) is 4.79 Å². The Labute approximate surface area is 162 Å². The molecular weight excluding hydrogens is 360 g/mol. The molecule has 1 fully saturated rings. The van der Waals surface area contributed by atoms with Gasteiger partial charge in [0.2, 0.25) is 0 Å². The molecule has 1 aliphatic rings. The van der Waals surface area contributed by atoms with Crippen molar-refractivity contribution in [1.82, 2.24) is 14.5 Å². The highest BCUT2D eigenvalue weighted by Crippen LogP contribution is 2.33. The fourth-order valence-electron chi connectivity index (χ4n) is 3.53. The number of pyridine rings is 1. The number of esters is 1. The van der Waals surface area contributed by atoms with Crippen molar-refractivity contribution in [2.75, 3.05) is 39.3 Å². The third-order valence-corrected chi connectivity index (χ3v) is 4.97. The Morgan fingerprint density at radius 1 is 1.04 bits per heavy atom. The number of carbonyl (C=O) groups excluding carboxylic acids is 1. The highest BCUT2D eigenvalue weighted by atomic mass is 16.5. The first kappa shape index (κ1) is 18.1. The van der Waals surface area contributed by atoms with Crippen LogP contribution in [0.5, 0.6) is 11.5 Å². The van der Waals surface area contributed by atoms with Crippen molar-refractivity contribution in [2.24, 2.45) is 0 Å². The van der Waals surface area contributed by atoms with Crippen LogP contribution in [0.1, 0.15) is 23.2 Å². The van der Waals surface area contributed by atoms with E-state index in [0.29, 0.717) is 28.7 Å². The molecule has 0 spiro atoms. The molecule has 0 radical (unpaired) electrons. The predicted octanol–water partition coefficient (Wildman–Crippen LogP) is 2.82. The molecule has 8 nitrogen and oxygen atoms in total. The van der Waals surface area contributed by atoms with Crippen LogP contribution >= 0.6 is 0 Å². The van der Waals surface area contributed by atoms with Gasteiger partial charge in [0, 0.05) is 25.2 Å². The fraction of sp³-hybridized carbons (Fsp3) is 0.350. The van der Waals surface area contributed by atoms with Crippen LogP contribution in [0, 0.1) is 0 Å². The predicted molar refractivity (Wildman–Crippen MR) is 105 cm³/mol. The number of benzene rings is 1. The molecule has 4 rings (SSSR count). The molecule has 146 valence electrons. The molecule has 0 bridgehead atoms. The number of hydrogen-bond acceptors (Lipinski definition) is 7. The lowest BCUT2D eigenvalue weighted by molar-refractivity contribution is 0.0601. The summed E-state index contributed by atoms with van der Waals surface area (Å²) in [5, 5.41) is 0. The monoisotopic (exact) mass is 382 g/mol. The molecule has 1 saturated heterocycles. The first-order valence-electron chi connectivity index (χ1n) is 9.10. The van der Waals surface area contributed by atoms with Crippen LogP contribution in [0.2, 0.25) is 0 Å². The first-order chi connectivity index (χ1) is 13.7. The number of fused-ring (bicyclic) bond motifs is 1. The standard InChI is InChI=1S/C20H22N4O4/c1-26-16-10-14-15(11-17(16)27-2)24(12-21-14)18-7-6-13(20(25)28-3)19(22-18)23-8-4-5-9-23/h6-7,10-12H,4-5,8-9H2,1-3H3. The number of imidazole rings is 1. The maximum Gasteiger partial charge on any atom is 0.341 e. The maximum atomic E-state index is 12.2. The molecule has 0 aliphatic carbocycles. The average molecular weight is 382 g/mol. The minimum Gasteiger partial charge on any atom is -0.493 e. The Morgan fingerprint density at radius 3 is 2.43 bits per heavy atom. The van der Waals surface area contributed by atoms with Crippen LogP contribution in [0.25, 0.3) is 16.9 Å². The molecule has 0 unspecified atom stereocenters. The van der Waals surface area contributed by atoms with Crippen LogP contribution in [0.4, 0.5) is 5.82 Å². The van der Waals surface area contributed by atoms with Crippen molar-refractivity contribution in [1.29, 1.82) is 0 Å². The zero-order chi connectivity index (χ0) is 19.7. The number of carbonyl (C=O) groups is 1. The van der Waals surface area contributed by atoms with Gasteiger partial charge in [0.05, 0.1) is 32.4 Å². The summed E-state index contributed by atoms with van der Waals surface area (Å²) in [6.45, 7) is 1.74. The molecule has 1 aromatic carbocycles. The highest BCUT2D eigenvalue weighted by Gasteiger charge is 2.23. The summed E-state index contributed by atoms with van der Waals surface area (Å²) < 4.78 is 17.6. The maximum absolute atomic E-state index is 12.2. The summed E-state index contributed by atoms with van der Waals surface area (Å²) in [5.74, 6) is 2.16. The van der Waals surface area contributed by atoms with Gasteiger partial charge in [-0.25, -0.2) is 14.8 Å². The largest absolute Gasteiger partial charge is 0.493 e. The van der Waals surface area contributed by atoms with Crippen molar-refractivity contribution < 1.29 is 19.0 Å². The lowest BCUT2D eigenvalue weighted by Crippen LogP contribution is -2.23. The SMILES string of the molecule is COC(=O)c1ccc(-n2cnc3cc(OC)c(OC)cc32)nc1N1CCCC1. The summed E-state index contributed by atoms with van der Waals surface area (Å²) in [7, 11) is 4.57. The van der Waals surface area contributed by atoms with E-state index in [1.165, 1.54) is 7.11 Å². The number of anilines is 1.